The number of nitrogens with zero attached hydrogens (tertiary/aromatic N) is 2. The minimum absolute atomic E-state index is 0.126. The lowest BCUT2D eigenvalue weighted by Crippen LogP contribution is -2.51. The fourth-order valence-electron chi connectivity index (χ4n) is 5.34. The summed E-state index contributed by atoms with van der Waals surface area (Å²) in [6, 6.07) is 11.5. The molecule has 0 unspecified atom stereocenters. The zero-order valence-corrected chi connectivity index (χ0v) is 24.7. The normalized spacial score (nSPS) is 19.4. The molecule has 2 aliphatic heterocycles. The van der Waals surface area contributed by atoms with E-state index in [-0.39, 0.29) is 36.4 Å². The van der Waals surface area contributed by atoms with E-state index in [4.69, 9.17) is 9.47 Å². The number of likely N-dealkylation sites (tertiary alicyclic amines) is 1. The molecule has 0 radical (unpaired) electrons. The van der Waals surface area contributed by atoms with Crippen LogP contribution in [0.2, 0.25) is 0 Å². The van der Waals surface area contributed by atoms with Gasteiger partial charge in [-0.25, -0.2) is 13.2 Å². The van der Waals surface area contributed by atoms with Crippen molar-refractivity contribution in [3.05, 3.63) is 59.7 Å². The summed E-state index contributed by atoms with van der Waals surface area (Å²) in [4.78, 5) is 41.1. The number of sulfonamides is 1. The molecule has 1 N–H and O–H groups in total. The highest BCUT2D eigenvalue weighted by molar-refractivity contribution is 7.89. The van der Waals surface area contributed by atoms with Gasteiger partial charge >= 0.3 is 11.9 Å². The molecule has 2 aromatic rings. The molecule has 2 aromatic carbocycles. The van der Waals surface area contributed by atoms with Gasteiger partial charge < -0.3 is 19.7 Å². The summed E-state index contributed by atoms with van der Waals surface area (Å²) in [7, 11) is -1.87. The molecule has 2 aliphatic rings. The Kier molecular flexibility index (Phi) is 10.2. The van der Waals surface area contributed by atoms with E-state index in [1.807, 2.05) is 7.05 Å². The summed E-state index contributed by atoms with van der Waals surface area (Å²) in [5.41, 5.74) is 1.32. The lowest BCUT2D eigenvalue weighted by atomic mass is 9.97. The number of hydrogen-bond donors (Lipinski definition) is 1. The fourth-order valence-corrected chi connectivity index (χ4v) is 7.22. The molecule has 2 heterocycles. The molecule has 2 atom stereocenters. The predicted octanol–water partition coefficient (Wildman–Crippen LogP) is 2.69. The number of benzene rings is 2. The standard InChI is InChI=1S/C30H39N3O7S/c1-4-39-30(36)25(20-22-11-13-24(14-12-22)40-29(35)23-15-18-32(3)19-16-23)31-28(34)26-9-7-17-33(26)41(37,38)27-10-6-5-8-21(27)2/h5-6,8,10-14,23,25-26H,4,7,9,15-20H2,1-3H3,(H,31,34)/t25-,26-/m0/s1. The van der Waals surface area contributed by atoms with Crippen LogP contribution < -0.4 is 10.1 Å². The maximum Gasteiger partial charge on any atom is 0.328 e. The van der Waals surface area contributed by atoms with Crippen LogP contribution >= 0.6 is 0 Å². The smallest absolute Gasteiger partial charge is 0.328 e. The Morgan fingerprint density at radius 3 is 2.34 bits per heavy atom. The number of hydrogen-bond acceptors (Lipinski definition) is 8. The van der Waals surface area contributed by atoms with Crippen molar-refractivity contribution in [1.82, 2.24) is 14.5 Å². The quantitative estimate of drug-likeness (QED) is 0.334. The summed E-state index contributed by atoms with van der Waals surface area (Å²) in [5, 5.41) is 2.74. The lowest BCUT2D eigenvalue weighted by Gasteiger charge is -2.27. The third kappa shape index (κ3) is 7.52. The first kappa shape index (κ1) is 30.7. The molecule has 4 rings (SSSR count). The van der Waals surface area contributed by atoms with Crippen LogP contribution in [0.15, 0.2) is 53.4 Å². The van der Waals surface area contributed by atoms with Gasteiger partial charge in [-0.1, -0.05) is 30.3 Å². The molecule has 0 aliphatic carbocycles. The van der Waals surface area contributed by atoms with Gasteiger partial charge in [-0.15, -0.1) is 0 Å². The summed E-state index contributed by atoms with van der Waals surface area (Å²) in [6.07, 6.45) is 2.54. The molecule has 0 bridgehead atoms. The summed E-state index contributed by atoms with van der Waals surface area (Å²) < 4.78 is 38.9. The van der Waals surface area contributed by atoms with Gasteiger partial charge in [-0.05, 0) is 89.0 Å². The Hall–Kier alpha value is -3.28. The van der Waals surface area contributed by atoms with Gasteiger partial charge in [0, 0.05) is 13.0 Å². The molecule has 2 fully saturated rings. The third-order valence-electron chi connectivity index (χ3n) is 7.71. The molecular formula is C30H39N3O7S. The van der Waals surface area contributed by atoms with E-state index in [2.05, 4.69) is 10.2 Å². The maximum absolute atomic E-state index is 13.4. The molecule has 0 spiro atoms. The average molecular weight is 586 g/mol. The van der Waals surface area contributed by atoms with Crippen LogP contribution in [-0.4, -0.2) is 80.8 Å². The number of esters is 2. The highest BCUT2D eigenvalue weighted by Gasteiger charge is 2.41. The van der Waals surface area contributed by atoms with E-state index < -0.39 is 34.0 Å². The van der Waals surface area contributed by atoms with Gasteiger partial charge in [0.25, 0.3) is 0 Å². The predicted molar refractivity (Wildman–Crippen MR) is 153 cm³/mol. The van der Waals surface area contributed by atoms with Crippen molar-refractivity contribution in [3.63, 3.8) is 0 Å². The van der Waals surface area contributed by atoms with Crippen LogP contribution in [0.5, 0.6) is 5.75 Å². The molecule has 41 heavy (non-hydrogen) atoms. The number of piperidine rings is 1. The third-order valence-corrected chi connectivity index (χ3v) is 9.78. The van der Waals surface area contributed by atoms with Crippen LogP contribution in [0.1, 0.15) is 43.7 Å². The van der Waals surface area contributed by atoms with Crippen molar-refractivity contribution in [2.24, 2.45) is 5.92 Å². The van der Waals surface area contributed by atoms with E-state index >= 15 is 0 Å². The number of nitrogens with one attached hydrogen (secondary N) is 1. The Balaban J connectivity index is 1.43. The minimum Gasteiger partial charge on any atom is -0.464 e. The molecule has 1 amide bonds. The number of carbonyl (C=O) groups excluding carboxylic acids is 3. The first-order valence-electron chi connectivity index (χ1n) is 14.1. The zero-order valence-electron chi connectivity index (χ0n) is 23.9. The van der Waals surface area contributed by atoms with E-state index in [1.165, 1.54) is 10.4 Å². The van der Waals surface area contributed by atoms with Gasteiger partial charge in [0.1, 0.15) is 17.8 Å². The van der Waals surface area contributed by atoms with Gasteiger partial charge in [0.05, 0.1) is 17.4 Å². The summed E-state index contributed by atoms with van der Waals surface area (Å²) in [5.74, 6) is -1.10. The van der Waals surface area contributed by atoms with Crippen LogP contribution in [0.4, 0.5) is 0 Å². The summed E-state index contributed by atoms with van der Waals surface area (Å²) >= 11 is 0. The average Bonchev–Trinajstić information content (AvgIpc) is 3.46. The van der Waals surface area contributed by atoms with E-state index in [9.17, 15) is 22.8 Å². The van der Waals surface area contributed by atoms with Crippen LogP contribution in [-0.2, 0) is 35.6 Å². The Labute approximate surface area is 242 Å². The number of rotatable bonds is 10. The van der Waals surface area contributed by atoms with Crippen LogP contribution in [0.3, 0.4) is 0 Å². The van der Waals surface area contributed by atoms with E-state index in [1.54, 1.807) is 56.3 Å². The Morgan fingerprint density at radius 1 is 1.00 bits per heavy atom. The van der Waals surface area contributed by atoms with Crippen molar-refractivity contribution in [2.45, 2.75) is 62.9 Å². The number of carbonyl (C=O) groups is 3. The van der Waals surface area contributed by atoms with Gasteiger partial charge in [-0.2, -0.15) is 4.31 Å². The molecule has 222 valence electrons. The van der Waals surface area contributed by atoms with E-state index in [0.717, 1.165) is 31.5 Å². The topological polar surface area (TPSA) is 122 Å². The highest BCUT2D eigenvalue weighted by atomic mass is 32.2. The maximum atomic E-state index is 13.4. The van der Waals surface area contributed by atoms with Crippen molar-refractivity contribution >= 4 is 27.9 Å². The van der Waals surface area contributed by atoms with Gasteiger partial charge in [0.15, 0.2) is 0 Å². The summed E-state index contributed by atoms with van der Waals surface area (Å²) in [6.45, 7) is 5.46. The van der Waals surface area contributed by atoms with Gasteiger partial charge in [0.2, 0.25) is 15.9 Å². The molecule has 2 saturated heterocycles. The second kappa shape index (κ2) is 13.6. The minimum atomic E-state index is -3.90. The molecule has 0 saturated carbocycles. The first-order valence-corrected chi connectivity index (χ1v) is 15.6. The zero-order chi connectivity index (χ0) is 29.6. The molecule has 0 aromatic heterocycles. The highest BCUT2D eigenvalue weighted by Crippen LogP contribution is 2.28. The fraction of sp³-hybridized carbons (Fsp3) is 0.500. The van der Waals surface area contributed by atoms with E-state index in [0.29, 0.717) is 24.2 Å². The first-order chi connectivity index (χ1) is 19.6. The molecular weight excluding hydrogens is 546 g/mol. The largest absolute Gasteiger partial charge is 0.464 e. The van der Waals surface area contributed by atoms with Crippen molar-refractivity contribution in [1.29, 1.82) is 0 Å². The Morgan fingerprint density at radius 2 is 1.68 bits per heavy atom. The van der Waals surface area contributed by atoms with Crippen LogP contribution in [0.25, 0.3) is 0 Å². The monoisotopic (exact) mass is 585 g/mol. The van der Waals surface area contributed by atoms with Crippen molar-refractivity contribution < 1.29 is 32.3 Å². The second-order valence-corrected chi connectivity index (χ2v) is 12.6. The SMILES string of the molecule is CCOC(=O)[C@H](Cc1ccc(OC(=O)C2CCN(C)CC2)cc1)NC(=O)[C@@H]1CCCN1S(=O)(=O)c1ccccc1C. The number of aryl methyl sites for hydroxylation is 1. The van der Waals surface area contributed by atoms with Crippen LogP contribution in [0, 0.1) is 12.8 Å². The van der Waals surface area contributed by atoms with Crippen molar-refractivity contribution in [2.75, 3.05) is 33.3 Å². The Bertz CT molecular complexity index is 1340. The van der Waals surface area contributed by atoms with Crippen molar-refractivity contribution in [3.8, 4) is 5.75 Å². The molecule has 10 nitrogen and oxygen atoms in total. The number of ether oxygens (including phenoxy) is 2. The van der Waals surface area contributed by atoms with Gasteiger partial charge in [-0.3, -0.25) is 9.59 Å². The lowest BCUT2D eigenvalue weighted by molar-refractivity contribution is -0.147. The second-order valence-electron chi connectivity index (χ2n) is 10.7. The number of amides is 1. The molecule has 11 heteroatoms.